The van der Waals surface area contributed by atoms with Crippen molar-refractivity contribution < 1.29 is 18.3 Å². The second kappa shape index (κ2) is 9.65. The number of nitrogens with one attached hydrogen (secondary N) is 1. The molecule has 0 aliphatic carbocycles. The Morgan fingerprint density at radius 2 is 2.00 bits per heavy atom. The van der Waals surface area contributed by atoms with Crippen LogP contribution in [0.2, 0.25) is 0 Å². The van der Waals surface area contributed by atoms with E-state index in [-0.39, 0.29) is 17.6 Å². The molecule has 0 radical (unpaired) electrons. The summed E-state index contributed by atoms with van der Waals surface area (Å²) in [6, 6.07) is 11.5. The third-order valence-electron chi connectivity index (χ3n) is 5.33. The topological polar surface area (TPSA) is 119 Å². The van der Waals surface area contributed by atoms with E-state index in [4.69, 9.17) is 4.74 Å². The number of aryl methyl sites for hydroxylation is 1. The van der Waals surface area contributed by atoms with Gasteiger partial charge in [0.2, 0.25) is 10.0 Å². The van der Waals surface area contributed by atoms with Gasteiger partial charge in [-0.15, -0.1) is 5.10 Å². The highest BCUT2D eigenvalue weighted by Gasteiger charge is 2.33. The van der Waals surface area contributed by atoms with Crippen LogP contribution in [0.1, 0.15) is 19.3 Å². The lowest BCUT2D eigenvalue weighted by atomic mass is 9.98. The predicted octanol–water partition coefficient (Wildman–Crippen LogP) is 1.62. The maximum Gasteiger partial charge on any atom is 0.240 e. The fourth-order valence-electron chi connectivity index (χ4n) is 3.68. The van der Waals surface area contributed by atoms with Crippen LogP contribution in [0, 0.1) is 0 Å². The van der Waals surface area contributed by atoms with Crippen molar-refractivity contribution in [1.29, 1.82) is 0 Å². The highest BCUT2D eigenvalue weighted by molar-refractivity contribution is 7.89. The summed E-state index contributed by atoms with van der Waals surface area (Å²) < 4.78 is 35.6. The quantitative estimate of drug-likeness (QED) is 0.543. The van der Waals surface area contributed by atoms with Crippen LogP contribution in [0.3, 0.4) is 0 Å². The first kappa shape index (κ1) is 21.6. The highest BCUT2D eigenvalue weighted by Crippen LogP contribution is 2.24. The van der Waals surface area contributed by atoms with Crippen molar-refractivity contribution >= 4 is 10.0 Å². The number of aromatic nitrogens is 4. The molecule has 3 heterocycles. The van der Waals surface area contributed by atoms with Crippen molar-refractivity contribution in [2.75, 3.05) is 6.61 Å². The van der Waals surface area contributed by atoms with Gasteiger partial charge in [-0.25, -0.2) is 13.1 Å². The minimum atomic E-state index is -3.67. The monoisotopic (exact) mass is 443 g/mol. The Morgan fingerprint density at radius 1 is 1.16 bits per heavy atom. The van der Waals surface area contributed by atoms with Gasteiger partial charge >= 0.3 is 0 Å². The van der Waals surface area contributed by atoms with E-state index >= 15 is 0 Å². The normalized spacial score (nSPS) is 21.8. The lowest BCUT2D eigenvalue weighted by Gasteiger charge is -2.36. The van der Waals surface area contributed by atoms with E-state index in [0.29, 0.717) is 25.8 Å². The van der Waals surface area contributed by atoms with E-state index in [1.807, 2.05) is 18.3 Å². The number of hydrogen-bond acceptors (Lipinski definition) is 7. The predicted molar refractivity (Wildman–Crippen MR) is 113 cm³/mol. The first-order valence-electron chi connectivity index (χ1n) is 10.2. The molecule has 3 atom stereocenters. The summed E-state index contributed by atoms with van der Waals surface area (Å²) in [6.07, 6.45) is 6.56. The first-order chi connectivity index (χ1) is 15.0. The van der Waals surface area contributed by atoms with Gasteiger partial charge in [-0.1, -0.05) is 23.4 Å². The van der Waals surface area contributed by atoms with Crippen LogP contribution in [-0.4, -0.2) is 58.4 Å². The molecule has 1 aliphatic heterocycles. The van der Waals surface area contributed by atoms with Gasteiger partial charge < -0.3 is 9.84 Å². The van der Waals surface area contributed by atoms with Gasteiger partial charge in [0.1, 0.15) is 5.69 Å². The second-order valence-electron chi connectivity index (χ2n) is 7.49. The molecule has 0 spiro atoms. The van der Waals surface area contributed by atoms with E-state index < -0.39 is 22.2 Å². The molecule has 1 fully saturated rings. The number of ether oxygens (including phenoxy) is 1. The molecular weight excluding hydrogens is 418 g/mol. The Bertz CT molecular complexity index is 1080. The minimum absolute atomic E-state index is 0.0966. The molecule has 2 N–H and O–H groups in total. The number of sulfonamides is 1. The molecule has 1 saturated heterocycles. The number of pyridine rings is 1. The number of rotatable bonds is 8. The van der Waals surface area contributed by atoms with Crippen molar-refractivity contribution in [3.8, 4) is 11.3 Å². The van der Waals surface area contributed by atoms with Crippen molar-refractivity contribution in [1.82, 2.24) is 24.7 Å². The zero-order chi connectivity index (χ0) is 21.7. The summed E-state index contributed by atoms with van der Waals surface area (Å²) in [4.78, 5) is 4.29. The molecule has 0 bridgehead atoms. The molecule has 0 saturated carbocycles. The summed E-state index contributed by atoms with van der Waals surface area (Å²) >= 11 is 0. The summed E-state index contributed by atoms with van der Waals surface area (Å²) in [7, 11) is -3.67. The van der Waals surface area contributed by atoms with Gasteiger partial charge in [0, 0.05) is 24.5 Å². The molecule has 2 aromatic heterocycles. The number of nitrogens with zero attached hydrogens (tertiary/aromatic N) is 4. The zero-order valence-electron chi connectivity index (χ0n) is 16.9. The average molecular weight is 444 g/mol. The Hall–Kier alpha value is -2.66. The minimum Gasteiger partial charge on any atom is -0.394 e. The maximum absolute atomic E-state index is 12.6. The molecule has 1 aromatic carbocycles. The van der Waals surface area contributed by atoms with Gasteiger partial charge in [-0.05, 0) is 43.5 Å². The summed E-state index contributed by atoms with van der Waals surface area (Å²) in [6.45, 7) is 0.351. The lowest BCUT2D eigenvalue weighted by molar-refractivity contribution is -0.0891. The average Bonchev–Trinajstić information content (AvgIpc) is 3.28. The molecule has 164 valence electrons. The Balaban J connectivity index is 1.32. The van der Waals surface area contributed by atoms with Crippen LogP contribution in [-0.2, 0) is 21.3 Å². The molecule has 3 aromatic rings. The van der Waals surface area contributed by atoms with Crippen molar-refractivity contribution in [3.63, 3.8) is 0 Å². The van der Waals surface area contributed by atoms with Crippen LogP contribution < -0.4 is 4.72 Å². The van der Waals surface area contributed by atoms with E-state index in [9.17, 15) is 13.5 Å². The van der Waals surface area contributed by atoms with Crippen LogP contribution in [0.15, 0.2) is 66.0 Å². The smallest absolute Gasteiger partial charge is 0.240 e. The van der Waals surface area contributed by atoms with Crippen molar-refractivity contribution in [2.24, 2.45) is 0 Å². The van der Waals surface area contributed by atoms with Gasteiger partial charge in [0.05, 0.1) is 35.9 Å². The third-order valence-corrected chi connectivity index (χ3v) is 6.84. The van der Waals surface area contributed by atoms with Crippen molar-refractivity contribution in [3.05, 3.63) is 61.1 Å². The summed E-state index contributed by atoms with van der Waals surface area (Å²) in [5.74, 6) is 0. The standard InChI is InChI=1S/C21H25N5O4S/c27-15-21-19(24-31(28,29)18-6-2-1-3-7-18)9-8-17(30-21)10-12-26-14-20(23-25-26)16-5-4-11-22-13-16/h1-7,11,13-14,17,19,21,24,27H,8-10,12,15H2/t17-,19+,21+/m0/s1. The molecule has 10 heteroatoms. The maximum atomic E-state index is 12.6. The first-order valence-corrected chi connectivity index (χ1v) is 11.7. The van der Waals surface area contributed by atoms with Crippen LogP contribution in [0.25, 0.3) is 11.3 Å². The molecule has 9 nitrogen and oxygen atoms in total. The largest absolute Gasteiger partial charge is 0.394 e. The Kier molecular flexibility index (Phi) is 6.71. The van der Waals surface area contributed by atoms with Crippen LogP contribution >= 0.6 is 0 Å². The molecule has 1 aliphatic rings. The van der Waals surface area contributed by atoms with E-state index in [1.54, 1.807) is 47.4 Å². The molecule has 4 rings (SSSR count). The fourth-order valence-corrected chi connectivity index (χ4v) is 5.00. The summed E-state index contributed by atoms with van der Waals surface area (Å²) in [5.41, 5.74) is 1.65. The molecule has 0 amide bonds. The fraction of sp³-hybridized carbons (Fsp3) is 0.381. The van der Waals surface area contributed by atoms with Crippen LogP contribution in [0.4, 0.5) is 0 Å². The summed E-state index contributed by atoms with van der Waals surface area (Å²) in [5, 5.41) is 18.1. The van der Waals surface area contributed by atoms with Gasteiger partial charge in [0.15, 0.2) is 0 Å². The Morgan fingerprint density at radius 3 is 2.74 bits per heavy atom. The van der Waals surface area contributed by atoms with Gasteiger partial charge in [0.25, 0.3) is 0 Å². The number of aliphatic hydroxyl groups is 1. The number of hydrogen-bond donors (Lipinski definition) is 2. The zero-order valence-corrected chi connectivity index (χ0v) is 17.7. The number of aliphatic hydroxyl groups excluding tert-OH is 1. The van der Waals surface area contributed by atoms with E-state index in [2.05, 4.69) is 20.0 Å². The second-order valence-corrected chi connectivity index (χ2v) is 9.21. The van der Waals surface area contributed by atoms with Crippen molar-refractivity contribution in [2.45, 2.75) is 49.0 Å². The molecule has 31 heavy (non-hydrogen) atoms. The van der Waals surface area contributed by atoms with E-state index in [0.717, 1.165) is 11.3 Å². The SMILES string of the molecule is O=S(=O)(N[C@@H]1CC[C@@H](CCn2cc(-c3cccnc3)nn2)O[C@@H]1CO)c1ccccc1. The lowest BCUT2D eigenvalue weighted by Crippen LogP contribution is -2.50. The van der Waals surface area contributed by atoms with Crippen LogP contribution in [0.5, 0.6) is 0 Å². The molecular formula is C21H25N5O4S. The number of benzene rings is 1. The highest BCUT2D eigenvalue weighted by atomic mass is 32.2. The third kappa shape index (κ3) is 5.34. The van der Waals surface area contributed by atoms with Gasteiger partial charge in [-0.2, -0.15) is 0 Å². The van der Waals surface area contributed by atoms with E-state index in [1.165, 1.54) is 0 Å². The molecule has 0 unspecified atom stereocenters. The van der Waals surface area contributed by atoms with Gasteiger partial charge in [-0.3, -0.25) is 9.67 Å². The Labute approximate surface area is 181 Å².